The third-order valence-electron chi connectivity index (χ3n) is 4.77. The van der Waals surface area contributed by atoms with Crippen LogP contribution in [0.1, 0.15) is 21.5 Å². The van der Waals surface area contributed by atoms with Crippen molar-refractivity contribution in [2.45, 2.75) is 11.4 Å². The molecule has 0 aliphatic rings. The minimum absolute atomic E-state index is 0.146. The van der Waals surface area contributed by atoms with Gasteiger partial charge < -0.3 is 4.74 Å². The van der Waals surface area contributed by atoms with Crippen LogP contribution in [0, 0.1) is 5.82 Å². The molecule has 0 radical (unpaired) electrons. The van der Waals surface area contributed by atoms with Crippen LogP contribution in [0.3, 0.4) is 0 Å². The molecule has 4 nitrogen and oxygen atoms in total. The monoisotopic (exact) mass is 416 g/mol. The maximum atomic E-state index is 13.2. The van der Waals surface area contributed by atoms with Crippen molar-refractivity contribution in [3.8, 4) is 5.75 Å². The van der Waals surface area contributed by atoms with Crippen LogP contribution in [-0.2, 0) is 6.42 Å². The highest BCUT2D eigenvalue weighted by molar-refractivity contribution is 8.14. The number of nitrogens with zero attached hydrogens (tertiary/aromatic N) is 2. The van der Waals surface area contributed by atoms with Crippen molar-refractivity contribution in [2.24, 2.45) is 0 Å². The van der Waals surface area contributed by atoms with Crippen molar-refractivity contribution in [1.29, 1.82) is 0 Å². The maximum Gasteiger partial charge on any atom is 0.229 e. The van der Waals surface area contributed by atoms with E-state index in [-0.39, 0.29) is 10.9 Å². The van der Waals surface area contributed by atoms with E-state index < -0.39 is 0 Å². The molecule has 2 aromatic heterocycles. The molecular formula is C23H18BFN2O2S. The Hall–Kier alpha value is -3.19. The normalized spacial score (nSPS) is 10.9. The zero-order valence-electron chi connectivity index (χ0n) is 16.6. The summed E-state index contributed by atoms with van der Waals surface area (Å²) in [6, 6.07) is 15.8. The Morgan fingerprint density at radius 2 is 1.90 bits per heavy atom. The van der Waals surface area contributed by atoms with E-state index in [2.05, 4.69) is 9.97 Å². The number of fused-ring (bicyclic) bond motifs is 1. The fraction of sp³-hybridized carbons (Fsp3) is 0.0870. The van der Waals surface area contributed by atoms with Crippen LogP contribution < -0.4 is 10.2 Å². The lowest BCUT2D eigenvalue weighted by Gasteiger charge is -2.14. The van der Waals surface area contributed by atoms with Crippen LogP contribution in [0.5, 0.6) is 5.75 Å². The number of methoxy groups -OCH3 is 1. The van der Waals surface area contributed by atoms with Crippen molar-refractivity contribution in [3.63, 3.8) is 0 Å². The van der Waals surface area contributed by atoms with E-state index >= 15 is 0 Å². The summed E-state index contributed by atoms with van der Waals surface area (Å²) < 4.78 is 18.7. The highest BCUT2D eigenvalue weighted by atomic mass is 32.2. The summed E-state index contributed by atoms with van der Waals surface area (Å²) in [6.45, 7) is 0. The standard InChI is InChI=1S/C23H18BFN2O2S/c1-29-22-18(23(28)30-20-4-2-3-9-26-20)12-19(24)17-11-15(13-27-21(17)22)10-14-5-7-16(25)8-6-14/h2-9,11-13H,10,24H2,1H3. The van der Waals surface area contributed by atoms with Crippen molar-refractivity contribution in [3.05, 3.63) is 89.5 Å². The van der Waals surface area contributed by atoms with Crippen molar-refractivity contribution in [1.82, 2.24) is 9.97 Å². The third kappa shape index (κ3) is 4.21. The van der Waals surface area contributed by atoms with E-state index in [0.29, 0.717) is 28.3 Å². The summed E-state index contributed by atoms with van der Waals surface area (Å²) in [6.07, 6.45) is 4.07. The van der Waals surface area contributed by atoms with E-state index in [1.54, 1.807) is 37.7 Å². The van der Waals surface area contributed by atoms with Gasteiger partial charge in [0.25, 0.3) is 0 Å². The number of pyridine rings is 2. The van der Waals surface area contributed by atoms with Crippen molar-refractivity contribution >= 4 is 41.1 Å². The molecule has 0 saturated heterocycles. The summed E-state index contributed by atoms with van der Waals surface area (Å²) in [7, 11) is 3.49. The Morgan fingerprint density at radius 1 is 1.10 bits per heavy atom. The van der Waals surface area contributed by atoms with Crippen molar-refractivity contribution < 1.29 is 13.9 Å². The summed E-state index contributed by atoms with van der Waals surface area (Å²) >= 11 is 1.06. The summed E-state index contributed by atoms with van der Waals surface area (Å²) in [4.78, 5) is 21.7. The first-order valence-corrected chi connectivity index (χ1v) is 10.2. The maximum absolute atomic E-state index is 13.2. The van der Waals surface area contributed by atoms with Crippen LogP contribution in [0.15, 0.2) is 72.0 Å². The predicted octanol–water partition coefficient (Wildman–Crippen LogP) is 3.56. The molecule has 0 aliphatic carbocycles. The Morgan fingerprint density at radius 3 is 2.60 bits per heavy atom. The van der Waals surface area contributed by atoms with Gasteiger partial charge in [-0.15, -0.1) is 0 Å². The fourth-order valence-corrected chi connectivity index (χ4v) is 4.04. The average Bonchev–Trinajstić information content (AvgIpc) is 2.76. The highest BCUT2D eigenvalue weighted by Gasteiger charge is 2.20. The number of rotatable bonds is 5. The minimum Gasteiger partial charge on any atom is -0.494 e. The molecule has 0 atom stereocenters. The van der Waals surface area contributed by atoms with E-state index in [4.69, 9.17) is 4.74 Å². The zero-order chi connectivity index (χ0) is 21.1. The highest BCUT2D eigenvalue weighted by Crippen LogP contribution is 2.32. The van der Waals surface area contributed by atoms with Gasteiger partial charge in [0.1, 0.15) is 24.2 Å². The van der Waals surface area contributed by atoms with Gasteiger partial charge in [-0.3, -0.25) is 9.78 Å². The first-order valence-electron chi connectivity index (χ1n) is 9.39. The molecule has 0 N–H and O–H groups in total. The molecule has 30 heavy (non-hydrogen) atoms. The second-order valence-corrected chi connectivity index (χ2v) is 7.87. The summed E-state index contributed by atoms with van der Waals surface area (Å²) in [5, 5.41) is 1.41. The van der Waals surface area contributed by atoms with Crippen LogP contribution in [0.2, 0.25) is 0 Å². The number of carbonyl (C=O) groups excluding carboxylic acids is 1. The van der Waals surface area contributed by atoms with Gasteiger partial charge in [0.05, 0.1) is 12.7 Å². The largest absolute Gasteiger partial charge is 0.494 e. The number of thioether (sulfide) groups is 1. The molecule has 0 saturated carbocycles. The molecule has 2 aromatic carbocycles. The van der Waals surface area contributed by atoms with Crippen LogP contribution >= 0.6 is 11.8 Å². The van der Waals surface area contributed by atoms with E-state index in [1.165, 1.54) is 12.1 Å². The number of carbonyl (C=O) groups is 1. The first-order chi connectivity index (χ1) is 14.5. The van der Waals surface area contributed by atoms with E-state index in [9.17, 15) is 9.18 Å². The molecule has 7 heteroatoms. The van der Waals surface area contributed by atoms with Crippen LogP contribution in [0.25, 0.3) is 10.9 Å². The molecule has 148 valence electrons. The Kier molecular flexibility index (Phi) is 5.81. The molecule has 0 unspecified atom stereocenters. The molecular weight excluding hydrogens is 398 g/mol. The molecule has 0 fully saturated rings. The lowest BCUT2D eigenvalue weighted by Crippen LogP contribution is -2.11. The predicted molar refractivity (Wildman–Crippen MR) is 120 cm³/mol. The second kappa shape index (κ2) is 8.67. The van der Waals surface area contributed by atoms with Gasteiger partial charge in [-0.25, -0.2) is 9.37 Å². The van der Waals surface area contributed by atoms with E-state index in [1.807, 2.05) is 32.1 Å². The van der Waals surface area contributed by atoms with Gasteiger partial charge in [0.2, 0.25) is 5.12 Å². The van der Waals surface area contributed by atoms with Gasteiger partial charge in [-0.05, 0) is 65.0 Å². The van der Waals surface area contributed by atoms with Gasteiger partial charge in [-0.1, -0.05) is 29.7 Å². The number of hydrogen-bond donors (Lipinski definition) is 0. The molecule has 0 aliphatic heterocycles. The number of ether oxygens (including phenoxy) is 1. The Labute approximate surface area is 178 Å². The first kappa shape index (κ1) is 20.1. The number of aromatic nitrogens is 2. The molecule has 0 bridgehead atoms. The molecule has 0 amide bonds. The summed E-state index contributed by atoms with van der Waals surface area (Å²) in [5.41, 5.74) is 4.05. The number of halogens is 1. The topological polar surface area (TPSA) is 52.1 Å². The SMILES string of the molecule is Bc1cc(C(=O)Sc2ccccn2)c(OC)c2ncc(Cc3ccc(F)cc3)cc12. The van der Waals surface area contributed by atoms with Crippen molar-refractivity contribution in [2.75, 3.05) is 7.11 Å². The zero-order valence-corrected chi connectivity index (χ0v) is 17.4. The fourth-order valence-electron chi connectivity index (χ4n) is 3.33. The third-order valence-corrected chi connectivity index (χ3v) is 5.63. The van der Waals surface area contributed by atoms with E-state index in [0.717, 1.165) is 33.7 Å². The molecule has 0 spiro atoms. The van der Waals surface area contributed by atoms with Crippen LogP contribution in [0.4, 0.5) is 4.39 Å². The van der Waals surface area contributed by atoms with Gasteiger partial charge in [0.15, 0.2) is 5.75 Å². The average molecular weight is 416 g/mol. The number of hydrogen-bond acceptors (Lipinski definition) is 5. The van der Waals surface area contributed by atoms with Crippen LogP contribution in [-0.4, -0.2) is 30.0 Å². The summed E-state index contributed by atoms with van der Waals surface area (Å²) in [5.74, 6) is 0.203. The van der Waals surface area contributed by atoms with Gasteiger partial charge in [-0.2, -0.15) is 0 Å². The number of benzene rings is 2. The Bertz CT molecular complexity index is 1220. The molecule has 4 rings (SSSR count). The molecule has 2 heterocycles. The minimum atomic E-state index is -0.253. The van der Waals surface area contributed by atoms with Gasteiger partial charge in [0, 0.05) is 12.4 Å². The second-order valence-electron chi connectivity index (χ2n) is 6.87. The Balaban J connectivity index is 1.70. The lowest BCUT2D eigenvalue weighted by molar-refractivity contribution is 0.108. The lowest BCUT2D eigenvalue weighted by atomic mass is 9.88. The smallest absolute Gasteiger partial charge is 0.229 e. The van der Waals surface area contributed by atoms with Gasteiger partial charge >= 0.3 is 0 Å². The quantitative estimate of drug-likeness (QED) is 0.368. The molecule has 4 aromatic rings.